The van der Waals surface area contributed by atoms with Crippen molar-refractivity contribution in [1.82, 2.24) is 63.3 Å². The van der Waals surface area contributed by atoms with Crippen LogP contribution in [0.2, 0.25) is 15.1 Å². The second-order valence-corrected chi connectivity index (χ2v) is 20.6. The van der Waals surface area contributed by atoms with E-state index in [0.29, 0.717) is 88.3 Å². The Kier molecular flexibility index (Phi) is 20.7. The number of amidine groups is 3. The van der Waals surface area contributed by atoms with E-state index in [1.54, 1.807) is 0 Å². The molecular weight excluding hydrogens is 1100 g/mol. The van der Waals surface area contributed by atoms with Gasteiger partial charge in [-0.15, -0.1) is 0 Å². The van der Waals surface area contributed by atoms with Crippen LogP contribution in [0.15, 0.2) is 98.5 Å². The lowest BCUT2D eigenvalue weighted by Crippen LogP contribution is -2.26. The summed E-state index contributed by atoms with van der Waals surface area (Å²) in [5, 5.41) is 63.0. The third kappa shape index (κ3) is 14.8. The predicted octanol–water partition coefficient (Wildman–Crippen LogP) is 5.92. The summed E-state index contributed by atoms with van der Waals surface area (Å²) >= 11 is 22.4. The quantitative estimate of drug-likeness (QED) is 0.0158. The van der Waals surface area contributed by atoms with Crippen molar-refractivity contribution in [3.63, 3.8) is 0 Å². The SMILES string of the molecule is CC(=O)NCCSc1nonc1C(=NC1Cc2c(Cl)cccc21)NO.CC(=O)NCCSc1nonc1C(=N[C@@H]1Cc2c(Cl)cccc21)NO.CC(=O)NCCSc1nonc1C(=N[C@H]1Cc2c(Cl)cccc21)NO. The average Bonchev–Trinajstić information content (AvgIpc) is 4.16. The second kappa shape index (κ2) is 27.5. The van der Waals surface area contributed by atoms with Crippen molar-refractivity contribution in [2.45, 2.75) is 73.2 Å². The van der Waals surface area contributed by atoms with E-state index in [1.807, 2.05) is 54.6 Å². The van der Waals surface area contributed by atoms with Crippen LogP contribution in [-0.4, -0.2) is 119 Å². The van der Waals surface area contributed by atoms with Gasteiger partial charge in [0.25, 0.3) is 0 Å². The summed E-state index contributed by atoms with van der Waals surface area (Å²) in [4.78, 5) is 46.1. The number of aromatic nitrogens is 6. The molecule has 0 saturated carbocycles. The number of carbonyl (C=O) groups excluding carboxylic acids is 3. The van der Waals surface area contributed by atoms with E-state index in [0.717, 1.165) is 48.4 Å². The molecule has 0 saturated heterocycles. The topological polar surface area (TPSA) is 338 Å². The number of hydroxylamine groups is 3. The molecule has 24 nitrogen and oxygen atoms in total. The zero-order valence-electron chi connectivity index (χ0n) is 40.0. The number of nitrogens with zero attached hydrogens (tertiary/aromatic N) is 9. The molecule has 3 aliphatic rings. The fourth-order valence-corrected chi connectivity index (χ4v) is 10.5. The van der Waals surface area contributed by atoms with Crippen LogP contribution in [0, 0.1) is 0 Å². The Hall–Kier alpha value is -6.30. The van der Waals surface area contributed by atoms with Gasteiger partial charge in [0, 0.05) is 92.0 Å². The summed E-state index contributed by atoms with van der Waals surface area (Å²) < 4.78 is 14.3. The minimum absolute atomic E-state index is 0.0966. The van der Waals surface area contributed by atoms with E-state index in [2.05, 4.69) is 78.3 Å². The largest absolute Gasteiger partial charge is 0.356 e. The summed E-state index contributed by atoms with van der Waals surface area (Å²) in [5.74, 6) is 2.00. The maximum atomic E-state index is 10.9. The van der Waals surface area contributed by atoms with E-state index in [-0.39, 0.29) is 53.4 Å². The van der Waals surface area contributed by atoms with Gasteiger partial charge in [-0.3, -0.25) is 61.4 Å². The first-order valence-corrected chi connectivity index (χ1v) is 26.7. The van der Waals surface area contributed by atoms with Gasteiger partial charge >= 0.3 is 0 Å². The second-order valence-electron chi connectivity index (χ2n) is 16.1. The number of nitrogens with one attached hydrogen (secondary N) is 6. The Bertz CT molecular complexity index is 2750. The molecule has 0 radical (unpaired) electrons. The fraction of sp³-hybridized carbons (Fsp3) is 0.333. The van der Waals surface area contributed by atoms with E-state index in [4.69, 9.17) is 48.7 Å². The molecular formula is C45H48Cl3N15O9S3. The molecule has 3 atom stereocenters. The van der Waals surface area contributed by atoms with Gasteiger partial charge in [-0.1, -0.05) is 106 Å². The first kappa shape index (κ1) is 56.4. The molecule has 3 aromatic heterocycles. The summed E-state index contributed by atoms with van der Waals surface area (Å²) in [5.41, 5.74) is 13.5. The minimum Gasteiger partial charge on any atom is -0.356 e. The lowest BCUT2D eigenvalue weighted by atomic mass is 9.83. The van der Waals surface area contributed by atoms with Crippen LogP contribution < -0.4 is 32.4 Å². The van der Waals surface area contributed by atoms with Gasteiger partial charge in [-0.25, -0.2) is 13.9 Å². The molecule has 6 aromatic rings. The van der Waals surface area contributed by atoms with Crippen LogP contribution in [-0.2, 0) is 33.6 Å². The number of aliphatic imine (C=N–C) groups is 3. The van der Waals surface area contributed by atoms with Crippen LogP contribution in [0.4, 0.5) is 0 Å². The van der Waals surface area contributed by atoms with Crippen molar-refractivity contribution >= 4 is 105 Å². The Morgan fingerprint density at radius 3 is 1.04 bits per heavy atom. The van der Waals surface area contributed by atoms with Gasteiger partial charge in [-0.05, 0) is 82.5 Å². The zero-order chi connectivity index (χ0) is 53.4. The Labute approximate surface area is 455 Å². The predicted molar refractivity (Wildman–Crippen MR) is 279 cm³/mol. The molecule has 75 heavy (non-hydrogen) atoms. The molecule has 9 rings (SSSR count). The van der Waals surface area contributed by atoms with Crippen molar-refractivity contribution < 1.29 is 43.9 Å². The lowest BCUT2D eigenvalue weighted by Gasteiger charge is -2.28. The van der Waals surface area contributed by atoms with Crippen LogP contribution in [0.1, 0.15) is 89.4 Å². The number of amides is 3. The van der Waals surface area contributed by atoms with Crippen LogP contribution >= 0.6 is 70.1 Å². The molecule has 0 fully saturated rings. The van der Waals surface area contributed by atoms with Crippen molar-refractivity contribution in [1.29, 1.82) is 0 Å². The van der Waals surface area contributed by atoms with Crippen LogP contribution in [0.3, 0.4) is 0 Å². The Morgan fingerprint density at radius 2 is 0.787 bits per heavy atom. The first-order valence-electron chi connectivity index (χ1n) is 22.7. The normalized spacial score (nSPS) is 16.1. The molecule has 0 bridgehead atoms. The zero-order valence-corrected chi connectivity index (χ0v) is 44.7. The monoisotopic (exact) mass is 1140 g/mol. The highest BCUT2D eigenvalue weighted by molar-refractivity contribution is 7.99. The molecule has 9 N–H and O–H groups in total. The Balaban J connectivity index is 0.000000164. The van der Waals surface area contributed by atoms with Gasteiger partial charge in [0.1, 0.15) is 0 Å². The van der Waals surface area contributed by atoms with Gasteiger partial charge in [0.2, 0.25) is 17.7 Å². The highest BCUT2D eigenvalue weighted by Crippen LogP contribution is 2.43. The van der Waals surface area contributed by atoms with Gasteiger partial charge in [0.05, 0.1) is 18.1 Å². The molecule has 30 heteroatoms. The number of hydrogen-bond acceptors (Lipinski definition) is 21. The van der Waals surface area contributed by atoms with Crippen LogP contribution in [0.25, 0.3) is 0 Å². The smallest absolute Gasteiger partial charge is 0.216 e. The molecule has 3 aliphatic carbocycles. The maximum absolute atomic E-state index is 10.9. The Morgan fingerprint density at radius 1 is 0.507 bits per heavy atom. The standard InChI is InChI=1S/3C15H16ClN5O3S/c3*1-8(22)17-5-6-25-15-13(20-24-21-15)14(19-23)18-12-7-10-9(12)3-2-4-11(10)16/h3*2-4,12,23H,5-7H2,1H3,(H,17,22)(H,18,19)/t2*12-;/m10./s1. The molecule has 1 unspecified atom stereocenters. The van der Waals surface area contributed by atoms with Crippen molar-refractivity contribution in [3.8, 4) is 0 Å². The number of hydrogen-bond donors (Lipinski definition) is 9. The third-order valence-corrected chi connectivity index (χ3v) is 15.0. The fourth-order valence-electron chi connectivity index (χ4n) is 7.45. The molecule has 3 heterocycles. The van der Waals surface area contributed by atoms with Crippen LogP contribution in [0.5, 0.6) is 0 Å². The number of thioether (sulfide) groups is 3. The molecule has 3 amide bonds. The van der Waals surface area contributed by atoms with Crippen molar-refractivity contribution in [2.24, 2.45) is 15.0 Å². The maximum Gasteiger partial charge on any atom is 0.216 e. The summed E-state index contributed by atoms with van der Waals surface area (Å²) in [7, 11) is 0. The summed E-state index contributed by atoms with van der Waals surface area (Å²) in [6.45, 7) is 5.82. The first-order chi connectivity index (χ1) is 36.3. The molecule has 0 spiro atoms. The molecule has 3 aromatic carbocycles. The van der Waals surface area contributed by atoms with Gasteiger partial charge in [0.15, 0.2) is 49.7 Å². The van der Waals surface area contributed by atoms with E-state index < -0.39 is 0 Å². The van der Waals surface area contributed by atoms with Crippen molar-refractivity contribution in [2.75, 3.05) is 36.9 Å². The number of carbonyl (C=O) groups is 3. The minimum atomic E-state index is -0.114. The lowest BCUT2D eigenvalue weighted by molar-refractivity contribution is -0.119. The number of rotatable bonds is 18. The highest BCUT2D eigenvalue weighted by Gasteiger charge is 2.32. The third-order valence-electron chi connectivity index (χ3n) is 11.1. The van der Waals surface area contributed by atoms with Gasteiger partial charge < -0.3 is 16.0 Å². The highest BCUT2D eigenvalue weighted by atomic mass is 35.5. The molecule has 0 aliphatic heterocycles. The molecule has 396 valence electrons. The number of benzene rings is 3. The van der Waals surface area contributed by atoms with E-state index in [9.17, 15) is 30.0 Å². The summed E-state index contributed by atoms with van der Waals surface area (Å²) in [6, 6.07) is 16.7. The number of fused-ring (bicyclic) bond motifs is 3. The number of halogens is 3. The van der Waals surface area contributed by atoms with E-state index >= 15 is 0 Å². The average molecular weight is 1150 g/mol. The van der Waals surface area contributed by atoms with Gasteiger partial charge in [-0.2, -0.15) is 0 Å². The summed E-state index contributed by atoms with van der Waals surface area (Å²) in [6.07, 6.45) is 2.07. The van der Waals surface area contributed by atoms with E-state index in [1.165, 1.54) is 56.1 Å². The van der Waals surface area contributed by atoms with Crippen molar-refractivity contribution in [3.05, 3.63) is 120 Å².